The topological polar surface area (TPSA) is 28.7 Å². The van der Waals surface area contributed by atoms with Crippen molar-refractivity contribution in [3.8, 4) is 11.3 Å². The highest BCUT2D eigenvalue weighted by Gasteiger charge is 2.07. The number of halogens is 2. The molecule has 0 fully saturated rings. The predicted octanol–water partition coefficient (Wildman–Crippen LogP) is 4.11. The van der Waals surface area contributed by atoms with E-state index in [2.05, 4.69) is 9.97 Å². The van der Waals surface area contributed by atoms with Crippen molar-refractivity contribution in [2.75, 3.05) is 0 Å². The fraction of sp³-hybridized carbons (Fsp3) is 0. The molecule has 0 spiro atoms. The van der Waals surface area contributed by atoms with Crippen LogP contribution in [0, 0.1) is 4.64 Å². The maximum atomic E-state index is 6.04. The SMILES string of the molecule is S=c1[nH]ccnc1-c1cc(Cl)ccc1Cl. The van der Waals surface area contributed by atoms with Crippen LogP contribution in [0.3, 0.4) is 0 Å². The zero-order chi connectivity index (χ0) is 10.8. The predicted molar refractivity (Wildman–Crippen MR) is 64.9 cm³/mol. The van der Waals surface area contributed by atoms with E-state index in [1.165, 1.54) is 0 Å². The van der Waals surface area contributed by atoms with Gasteiger partial charge < -0.3 is 4.98 Å². The maximum absolute atomic E-state index is 6.04. The minimum absolute atomic E-state index is 0.543. The fourth-order valence-electron chi connectivity index (χ4n) is 1.22. The Kier molecular flexibility index (Phi) is 3.05. The molecule has 15 heavy (non-hydrogen) atoms. The van der Waals surface area contributed by atoms with Gasteiger partial charge in [-0.3, -0.25) is 4.98 Å². The average Bonchev–Trinajstić information content (AvgIpc) is 2.23. The maximum Gasteiger partial charge on any atom is 0.129 e. The second kappa shape index (κ2) is 4.31. The van der Waals surface area contributed by atoms with Crippen LogP contribution in [0.15, 0.2) is 30.6 Å². The van der Waals surface area contributed by atoms with Crippen molar-refractivity contribution in [2.45, 2.75) is 0 Å². The largest absolute Gasteiger partial charge is 0.350 e. The van der Waals surface area contributed by atoms with E-state index < -0.39 is 0 Å². The van der Waals surface area contributed by atoms with Crippen LogP contribution in [-0.4, -0.2) is 9.97 Å². The Bertz CT molecular complexity index is 551. The molecule has 5 heteroatoms. The van der Waals surface area contributed by atoms with Gasteiger partial charge in [-0.25, -0.2) is 0 Å². The normalized spacial score (nSPS) is 10.3. The minimum Gasteiger partial charge on any atom is -0.350 e. The standard InChI is InChI=1S/C10H6Cl2N2S/c11-6-1-2-8(12)7(5-6)9-10(15)14-4-3-13-9/h1-5H,(H,14,15). The summed E-state index contributed by atoms with van der Waals surface area (Å²) in [5.41, 5.74) is 1.38. The molecule has 0 aliphatic carbocycles. The summed E-state index contributed by atoms with van der Waals surface area (Å²) in [6.45, 7) is 0. The number of rotatable bonds is 1. The Morgan fingerprint density at radius 2 is 2.07 bits per heavy atom. The van der Waals surface area contributed by atoms with Crippen molar-refractivity contribution >= 4 is 35.4 Å². The van der Waals surface area contributed by atoms with Crippen molar-refractivity contribution in [1.82, 2.24) is 9.97 Å². The van der Waals surface area contributed by atoms with Crippen molar-refractivity contribution in [2.24, 2.45) is 0 Å². The van der Waals surface area contributed by atoms with Crippen molar-refractivity contribution < 1.29 is 0 Å². The fourth-order valence-corrected chi connectivity index (χ4v) is 1.83. The summed E-state index contributed by atoms with van der Waals surface area (Å²) in [6.07, 6.45) is 3.30. The van der Waals surface area contributed by atoms with Gasteiger partial charge in [-0.15, -0.1) is 0 Å². The molecule has 0 atom stereocenters. The lowest BCUT2D eigenvalue weighted by Gasteiger charge is -2.03. The lowest BCUT2D eigenvalue weighted by atomic mass is 10.1. The first-order chi connectivity index (χ1) is 7.18. The highest BCUT2D eigenvalue weighted by Crippen LogP contribution is 2.29. The van der Waals surface area contributed by atoms with Crippen molar-refractivity contribution in [1.29, 1.82) is 0 Å². The van der Waals surface area contributed by atoms with Crippen LogP contribution in [0.1, 0.15) is 0 Å². The van der Waals surface area contributed by atoms with E-state index in [0.29, 0.717) is 20.4 Å². The summed E-state index contributed by atoms with van der Waals surface area (Å²) >= 11 is 17.0. The Morgan fingerprint density at radius 3 is 2.80 bits per heavy atom. The molecule has 2 aromatic rings. The van der Waals surface area contributed by atoms with E-state index in [1.54, 1.807) is 30.6 Å². The first-order valence-corrected chi connectivity index (χ1v) is 5.34. The first-order valence-electron chi connectivity index (χ1n) is 4.17. The molecule has 76 valence electrons. The van der Waals surface area contributed by atoms with Crippen LogP contribution in [0.4, 0.5) is 0 Å². The molecule has 0 aliphatic heterocycles. The van der Waals surface area contributed by atoms with Crippen LogP contribution >= 0.6 is 35.4 Å². The summed E-state index contributed by atoms with van der Waals surface area (Å²) < 4.78 is 0.543. The van der Waals surface area contributed by atoms with E-state index in [9.17, 15) is 0 Å². The number of H-pyrrole nitrogens is 1. The molecule has 0 unspecified atom stereocenters. The number of nitrogens with zero attached hydrogens (tertiary/aromatic N) is 1. The molecule has 0 aliphatic rings. The van der Waals surface area contributed by atoms with E-state index in [4.69, 9.17) is 35.4 Å². The van der Waals surface area contributed by atoms with Crippen molar-refractivity contribution in [3.63, 3.8) is 0 Å². The Hall–Kier alpha value is -0.900. The van der Waals surface area contributed by atoms with Gasteiger partial charge in [-0.05, 0) is 18.2 Å². The number of benzene rings is 1. The van der Waals surface area contributed by atoms with Crippen LogP contribution in [0.25, 0.3) is 11.3 Å². The lowest BCUT2D eigenvalue weighted by molar-refractivity contribution is 1.18. The van der Waals surface area contributed by atoms with Crippen LogP contribution in [-0.2, 0) is 0 Å². The summed E-state index contributed by atoms with van der Waals surface area (Å²) in [5, 5.41) is 1.19. The Morgan fingerprint density at radius 1 is 1.27 bits per heavy atom. The molecule has 2 rings (SSSR count). The van der Waals surface area contributed by atoms with E-state index >= 15 is 0 Å². The highest BCUT2D eigenvalue weighted by molar-refractivity contribution is 7.71. The third-order valence-electron chi connectivity index (χ3n) is 1.89. The molecule has 1 aromatic heterocycles. The number of aromatic amines is 1. The second-order valence-corrected chi connectivity index (χ2v) is 4.14. The molecular weight excluding hydrogens is 251 g/mol. The first kappa shape index (κ1) is 10.6. The van der Waals surface area contributed by atoms with E-state index in [0.717, 1.165) is 5.56 Å². The molecule has 1 aromatic carbocycles. The van der Waals surface area contributed by atoms with Gasteiger partial charge in [0.25, 0.3) is 0 Å². The summed E-state index contributed by atoms with van der Waals surface area (Å²) in [4.78, 5) is 7.07. The monoisotopic (exact) mass is 256 g/mol. The van der Waals surface area contributed by atoms with Gasteiger partial charge in [0.05, 0.1) is 5.02 Å². The van der Waals surface area contributed by atoms with Gasteiger partial charge >= 0.3 is 0 Å². The van der Waals surface area contributed by atoms with Gasteiger partial charge in [-0.1, -0.05) is 35.4 Å². The van der Waals surface area contributed by atoms with E-state index in [1.807, 2.05) is 0 Å². The Balaban J connectivity index is 2.69. The third-order valence-corrected chi connectivity index (χ3v) is 2.77. The zero-order valence-corrected chi connectivity index (χ0v) is 9.83. The number of nitrogens with one attached hydrogen (secondary N) is 1. The molecular formula is C10H6Cl2N2S. The van der Waals surface area contributed by atoms with Gasteiger partial charge in [0.1, 0.15) is 10.3 Å². The van der Waals surface area contributed by atoms with Crippen LogP contribution < -0.4 is 0 Å². The van der Waals surface area contributed by atoms with Gasteiger partial charge in [0, 0.05) is 23.0 Å². The minimum atomic E-state index is 0.543. The molecule has 0 radical (unpaired) electrons. The Labute approximate surface area is 102 Å². The van der Waals surface area contributed by atoms with Gasteiger partial charge in [0.2, 0.25) is 0 Å². The molecule has 2 nitrogen and oxygen atoms in total. The molecule has 0 amide bonds. The highest BCUT2D eigenvalue weighted by atomic mass is 35.5. The average molecular weight is 257 g/mol. The molecule has 0 saturated carbocycles. The number of hydrogen-bond acceptors (Lipinski definition) is 2. The van der Waals surface area contributed by atoms with Gasteiger partial charge in [0.15, 0.2) is 0 Å². The summed E-state index contributed by atoms with van der Waals surface area (Å²) in [5.74, 6) is 0. The van der Waals surface area contributed by atoms with Crippen LogP contribution in [0.5, 0.6) is 0 Å². The number of hydrogen-bond donors (Lipinski definition) is 1. The molecule has 0 saturated heterocycles. The second-order valence-electron chi connectivity index (χ2n) is 2.89. The van der Waals surface area contributed by atoms with Crippen LogP contribution in [0.2, 0.25) is 10.0 Å². The van der Waals surface area contributed by atoms with Crippen molar-refractivity contribution in [3.05, 3.63) is 45.3 Å². The zero-order valence-electron chi connectivity index (χ0n) is 7.50. The van der Waals surface area contributed by atoms with E-state index in [-0.39, 0.29) is 0 Å². The third kappa shape index (κ3) is 2.20. The number of aromatic nitrogens is 2. The molecule has 1 N–H and O–H groups in total. The lowest BCUT2D eigenvalue weighted by Crippen LogP contribution is -1.87. The summed E-state index contributed by atoms with van der Waals surface area (Å²) in [7, 11) is 0. The molecule has 0 bridgehead atoms. The molecule has 1 heterocycles. The quantitative estimate of drug-likeness (QED) is 0.778. The summed E-state index contributed by atoms with van der Waals surface area (Å²) in [6, 6.07) is 5.20. The van der Waals surface area contributed by atoms with Gasteiger partial charge in [-0.2, -0.15) is 0 Å². The smallest absolute Gasteiger partial charge is 0.129 e.